The lowest BCUT2D eigenvalue weighted by Crippen LogP contribution is -2.32. The SMILES string of the molecule is CN(C)c1nccc(-c2cn[nH]c2[C@H]2CCCN2C(=O)Cc2ccccc2F)n1. The van der Waals surface area contributed by atoms with E-state index in [1.807, 2.05) is 30.0 Å². The second kappa shape index (κ2) is 7.98. The molecule has 1 saturated heterocycles. The molecule has 0 unspecified atom stereocenters. The summed E-state index contributed by atoms with van der Waals surface area (Å²) >= 11 is 0. The van der Waals surface area contributed by atoms with Gasteiger partial charge in [-0.1, -0.05) is 18.2 Å². The third kappa shape index (κ3) is 3.83. The molecule has 1 fully saturated rings. The molecule has 7 nitrogen and oxygen atoms in total. The van der Waals surface area contributed by atoms with Crippen molar-refractivity contribution in [1.29, 1.82) is 0 Å². The Kier molecular flexibility index (Phi) is 5.24. The Balaban J connectivity index is 1.60. The van der Waals surface area contributed by atoms with Crippen LogP contribution in [0, 0.1) is 5.82 Å². The maximum absolute atomic E-state index is 14.0. The molecule has 2 aromatic heterocycles. The van der Waals surface area contributed by atoms with Gasteiger partial charge in [0.05, 0.1) is 30.0 Å². The normalized spacial score (nSPS) is 16.2. The third-order valence-electron chi connectivity index (χ3n) is 5.19. The lowest BCUT2D eigenvalue weighted by atomic mass is 10.0. The molecule has 0 radical (unpaired) electrons. The van der Waals surface area contributed by atoms with E-state index in [2.05, 4.69) is 20.2 Å². The third-order valence-corrected chi connectivity index (χ3v) is 5.19. The number of benzene rings is 1. The Morgan fingerprint density at radius 1 is 1.31 bits per heavy atom. The molecule has 8 heteroatoms. The summed E-state index contributed by atoms with van der Waals surface area (Å²) in [5.74, 6) is 0.166. The Morgan fingerprint density at radius 3 is 2.93 bits per heavy atom. The Hall–Kier alpha value is -3.29. The van der Waals surface area contributed by atoms with Crippen LogP contribution in [0.4, 0.5) is 10.3 Å². The smallest absolute Gasteiger partial charge is 0.227 e. The van der Waals surface area contributed by atoms with Gasteiger partial charge in [0.25, 0.3) is 0 Å². The van der Waals surface area contributed by atoms with Crippen molar-refractivity contribution in [2.24, 2.45) is 0 Å². The molecule has 150 valence electrons. The van der Waals surface area contributed by atoms with E-state index in [9.17, 15) is 9.18 Å². The number of carbonyl (C=O) groups is 1. The summed E-state index contributed by atoms with van der Waals surface area (Å²) in [4.78, 5) is 25.5. The summed E-state index contributed by atoms with van der Waals surface area (Å²) in [6.45, 7) is 0.642. The lowest BCUT2D eigenvalue weighted by Gasteiger charge is -2.25. The summed E-state index contributed by atoms with van der Waals surface area (Å²) in [6, 6.07) is 8.12. The van der Waals surface area contributed by atoms with E-state index >= 15 is 0 Å². The van der Waals surface area contributed by atoms with Gasteiger partial charge in [0.15, 0.2) is 0 Å². The summed E-state index contributed by atoms with van der Waals surface area (Å²) < 4.78 is 14.0. The van der Waals surface area contributed by atoms with Gasteiger partial charge in [-0.25, -0.2) is 14.4 Å². The zero-order valence-electron chi connectivity index (χ0n) is 16.5. The molecule has 0 aliphatic carbocycles. The average molecular weight is 394 g/mol. The first-order chi connectivity index (χ1) is 14.0. The number of hydrogen-bond donors (Lipinski definition) is 1. The largest absolute Gasteiger partial charge is 0.347 e. The molecule has 0 bridgehead atoms. The molecular weight excluding hydrogens is 371 g/mol. The highest BCUT2D eigenvalue weighted by molar-refractivity contribution is 5.80. The summed E-state index contributed by atoms with van der Waals surface area (Å²) in [5.41, 5.74) is 2.87. The number of nitrogens with zero attached hydrogens (tertiary/aromatic N) is 5. The summed E-state index contributed by atoms with van der Waals surface area (Å²) in [7, 11) is 3.77. The highest BCUT2D eigenvalue weighted by Gasteiger charge is 2.33. The van der Waals surface area contributed by atoms with Crippen LogP contribution in [0.1, 0.15) is 30.1 Å². The monoisotopic (exact) mass is 394 g/mol. The van der Waals surface area contributed by atoms with Crippen LogP contribution < -0.4 is 4.90 Å². The number of aromatic amines is 1. The predicted molar refractivity (Wildman–Crippen MR) is 108 cm³/mol. The summed E-state index contributed by atoms with van der Waals surface area (Å²) in [5, 5.41) is 7.28. The van der Waals surface area contributed by atoms with Gasteiger partial charge in [0.2, 0.25) is 11.9 Å². The van der Waals surface area contributed by atoms with Gasteiger partial charge in [-0.2, -0.15) is 5.10 Å². The first-order valence-corrected chi connectivity index (χ1v) is 9.61. The minimum Gasteiger partial charge on any atom is -0.347 e. The maximum Gasteiger partial charge on any atom is 0.227 e. The van der Waals surface area contributed by atoms with Gasteiger partial charge in [-0.15, -0.1) is 0 Å². The van der Waals surface area contributed by atoms with Gasteiger partial charge < -0.3 is 9.80 Å². The van der Waals surface area contributed by atoms with E-state index in [4.69, 9.17) is 0 Å². The van der Waals surface area contributed by atoms with Crippen LogP contribution in [-0.4, -0.2) is 51.6 Å². The fraction of sp³-hybridized carbons (Fsp3) is 0.333. The number of hydrogen-bond acceptors (Lipinski definition) is 5. The minimum atomic E-state index is -0.351. The Labute approximate surface area is 168 Å². The quantitative estimate of drug-likeness (QED) is 0.720. The molecular formula is C21H23FN6O. The Morgan fingerprint density at radius 2 is 2.14 bits per heavy atom. The number of aromatic nitrogens is 4. The van der Waals surface area contributed by atoms with Crippen LogP contribution in [0.3, 0.4) is 0 Å². The van der Waals surface area contributed by atoms with E-state index in [0.29, 0.717) is 18.1 Å². The Bertz CT molecular complexity index is 1020. The number of amides is 1. The number of nitrogens with one attached hydrogen (secondary N) is 1. The van der Waals surface area contributed by atoms with Crippen molar-refractivity contribution in [2.45, 2.75) is 25.3 Å². The van der Waals surface area contributed by atoms with Gasteiger partial charge in [-0.3, -0.25) is 9.89 Å². The fourth-order valence-corrected chi connectivity index (χ4v) is 3.74. The van der Waals surface area contributed by atoms with E-state index < -0.39 is 0 Å². The van der Waals surface area contributed by atoms with E-state index in [1.165, 1.54) is 6.07 Å². The van der Waals surface area contributed by atoms with Gasteiger partial charge >= 0.3 is 0 Å². The molecule has 1 aromatic carbocycles. The highest BCUT2D eigenvalue weighted by Crippen LogP contribution is 2.36. The second-order valence-electron chi connectivity index (χ2n) is 7.35. The van der Waals surface area contributed by atoms with Crippen molar-refractivity contribution in [2.75, 3.05) is 25.5 Å². The molecule has 1 atom stereocenters. The van der Waals surface area contributed by atoms with E-state index in [0.717, 1.165) is 29.8 Å². The van der Waals surface area contributed by atoms with Crippen molar-refractivity contribution in [3.05, 3.63) is 59.8 Å². The zero-order chi connectivity index (χ0) is 20.4. The number of rotatable bonds is 5. The van der Waals surface area contributed by atoms with Crippen LogP contribution in [0.15, 0.2) is 42.7 Å². The van der Waals surface area contributed by atoms with E-state index in [-0.39, 0.29) is 24.2 Å². The van der Waals surface area contributed by atoms with Crippen LogP contribution >= 0.6 is 0 Å². The minimum absolute atomic E-state index is 0.0466. The highest BCUT2D eigenvalue weighted by atomic mass is 19.1. The standard InChI is InChI=1S/C21H23FN6O/c1-27(2)21-23-10-9-17(25-21)15-13-24-26-20(15)18-8-5-11-28(18)19(29)12-14-6-3-4-7-16(14)22/h3-4,6-7,9-10,13,18H,5,8,11-12H2,1-2H3,(H,24,26)/t18-/m1/s1. The topological polar surface area (TPSA) is 78.0 Å². The lowest BCUT2D eigenvalue weighted by molar-refractivity contribution is -0.131. The molecule has 0 spiro atoms. The number of halogens is 1. The van der Waals surface area contributed by atoms with Crippen molar-refractivity contribution < 1.29 is 9.18 Å². The molecule has 0 saturated carbocycles. The van der Waals surface area contributed by atoms with Crippen LogP contribution in [0.2, 0.25) is 0 Å². The van der Waals surface area contributed by atoms with Gasteiger partial charge in [-0.05, 0) is 30.5 Å². The molecule has 1 aliphatic heterocycles. The summed E-state index contributed by atoms with van der Waals surface area (Å²) in [6.07, 6.45) is 5.20. The number of carbonyl (C=O) groups excluding carboxylic acids is 1. The van der Waals surface area contributed by atoms with Crippen LogP contribution in [0.25, 0.3) is 11.3 Å². The molecule has 1 amide bonds. The van der Waals surface area contributed by atoms with Crippen molar-refractivity contribution >= 4 is 11.9 Å². The van der Waals surface area contributed by atoms with Crippen molar-refractivity contribution in [3.63, 3.8) is 0 Å². The first kappa shape index (κ1) is 19.0. The van der Waals surface area contributed by atoms with Crippen LogP contribution in [-0.2, 0) is 11.2 Å². The fourth-order valence-electron chi connectivity index (χ4n) is 3.74. The number of H-pyrrole nitrogens is 1. The second-order valence-corrected chi connectivity index (χ2v) is 7.35. The van der Waals surface area contributed by atoms with Crippen molar-refractivity contribution in [3.8, 4) is 11.3 Å². The number of anilines is 1. The van der Waals surface area contributed by atoms with Crippen LogP contribution in [0.5, 0.6) is 0 Å². The van der Waals surface area contributed by atoms with Gasteiger partial charge in [0.1, 0.15) is 5.82 Å². The van der Waals surface area contributed by atoms with E-state index in [1.54, 1.807) is 30.6 Å². The molecule has 3 aromatic rings. The predicted octanol–water partition coefficient (Wildman–Crippen LogP) is 2.98. The first-order valence-electron chi connectivity index (χ1n) is 9.61. The molecule has 3 heterocycles. The molecule has 4 rings (SSSR count). The van der Waals surface area contributed by atoms with Crippen molar-refractivity contribution in [1.82, 2.24) is 25.1 Å². The van der Waals surface area contributed by atoms with Gasteiger partial charge in [0, 0.05) is 32.4 Å². The molecule has 29 heavy (non-hydrogen) atoms. The average Bonchev–Trinajstić information content (AvgIpc) is 3.39. The maximum atomic E-state index is 14.0. The molecule has 1 aliphatic rings. The number of likely N-dealkylation sites (tertiary alicyclic amines) is 1. The molecule has 1 N–H and O–H groups in total. The zero-order valence-corrected chi connectivity index (χ0v) is 16.5.